The second-order valence-electron chi connectivity index (χ2n) is 5.14. The first kappa shape index (κ1) is 10.1. The Hall–Kier alpha value is -1.90. The highest BCUT2D eigenvalue weighted by Crippen LogP contribution is 2.35. The van der Waals surface area contributed by atoms with E-state index in [-0.39, 0.29) is 5.91 Å². The van der Waals surface area contributed by atoms with Gasteiger partial charge >= 0.3 is 0 Å². The molecular weight excluding hydrogens is 224 g/mol. The lowest BCUT2D eigenvalue weighted by atomic mass is 9.93. The average molecular weight is 238 g/mol. The molecule has 0 fully saturated rings. The molecule has 1 aliphatic heterocycles. The summed E-state index contributed by atoms with van der Waals surface area (Å²) in [7, 11) is 0. The smallest absolute Gasteiger partial charge is 0.253 e. The summed E-state index contributed by atoms with van der Waals surface area (Å²) in [5, 5.41) is 1.24. The standard InChI is InChI=1S/C15H14N2O/c1-9-4-2-5-10-11-6-3-7-12-15(11)17(14(9)10)13(18)8-16-12/h2,4-5H,3,6-8H2,1H3. The molecule has 2 aliphatic rings. The lowest BCUT2D eigenvalue weighted by molar-refractivity contribution is 0.0925. The van der Waals surface area contributed by atoms with Crippen molar-refractivity contribution in [3.8, 4) is 0 Å². The van der Waals surface area contributed by atoms with Gasteiger partial charge < -0.3 is 0 Å². The van der Waals surface area contributed by atoms with Gasteiger partial charge in [-0.05, 0) is 37.3 Å². The number of carbonyl (C=O) groups excluding carboxylic acids is 1. The molecule has 1 aromatic carbocycles. The fourth-order valence-corrected chi connectivity index (χ4v) is 3.32. The highest BCUT2D eigenvalue weighted by molar-refractivity contribution is 6.14. The molecular formula is C15H14N2O. The highest BCUT2D eigenvalue weighted by atomic mass is 16.2. The molecule has 3 heteroatoms. The zero-order valence-corrected chi connectivity index (χ0v) is 10.4. The van der Waals surface area contributed by atoms with E-state index in [9.17, 15) is 4.79 Å². The van der Waals surface area contributed by atoms with Crippen LogP contribution in [0.1, 0.15) is 34.5 Å². The quantitative estimate of drug-likeness (QED) is 0.695. The van der Waals surface area contributed by atoms with Gasteiger partial charge in [0, 0.05) is 5.39 Å². The Morgan fingerprint density at radius 2 is 2.17 bits per heavy atom. The maximum Gasteiger partial charge on any atom is 0.253 e. The van der Waals surface area contributed by atoms with E-state index in [0.29, 0.717) is 6.54 Å². The van der Waals surface area contributed by atoms with Gasteiger partial charge in [0.2, 0.25) is 0 Å². The van der Waals surface area contributed by atoms with Gasteiger partial charge in [0.15, 0.2) is 0 Å². The molecule has 0 N–H and O–H groups in total. The maximum atomic E-state index is 12.2. The summed E-state index contributed by atoms with van der Waals surface area (Å²) in [6.45, 7) is 2.38. The van der Waals surface area contributed by atoms with Crippen LogP contribution in [0.2, 0.25) is 0 Å². The Kier molecular flexibility index (Phi) is 1.85. The van der Waals surface area contributed by atoms with Crippen molar-refractivity contribution in [3.05, 3.63) is 35.0 Å². The van der Waals surface area contributed by atoms with Crippen molar-refractivity contribution < 1.29 is 4.79 Å². The predicted octanol–water partition coefficient (Wildman–Crippen LogP) is 2.73. The molecule has 90 valence electrons. The minimum Gasteiger partial charge on any atom is -0.278 e. The van der Waals surface area contributed by atoms with Gasteiger partial charge in [-0.15, -0.1) is 0 Å². The minimum atomic E-state index is 0.112. The number of carbonyl (C=O) groups is 1. The van der Waals surface area contributed by atoms with Crippen molar-refractivity contribution in [2.24, 2.45) is 4.99 Å². The van der Waals surface area contributed by atoms with Gasteiger partial charge in [-0.2, -0.15) is 0 Å². The molecule has 0 radical (unpaired) electrons. The van der Waals surface area contributed by atoms with Crippen molar-refractivity contribution in [3.63, 3.8) is 0 Å². The molecule has 0 amide bonds. The topological polar surface area (TPSA) is 34.4 Å². The molecule has 1 aliphatic carbocycles. The van der Waals surface area contributed by atoms with E-state index < -0.39 is 0 Å². The van der Waals surface area contributed by atoms with Crippen LogP contribution in [0.25, 0.3) is 10.9 Å². The number of aromatic nitrogens is 1. The van der Waals surface area contributed by atoms with Crippen molar-refractivity contribution in [1.82, 2.24) is 4.57 Å². The summed E-state index contributed by atoms with van der Waals surface area (Å²) >= 11 is 0. The van der Waals surface area contributed by atoms with Crippen LogP contribution in [0.15, 0.2) is 23.2 Å². The number of rotatable bonds is 0. The van der Waals surface area contributed by atoms with Crippen molar-refractivity contribution in [2.45, 2.75) is 26.2 Å². The highest BCUT2D eigenvalue weighted by Gasteiger charge is 2.30. The predicted molar refractivity (Wildman–Crippen MR) is 71.6 cm³/mol. The van der Waals surface area contributed by atoms with Crippen LogP contribution < -0.4 is 0 Å². The monoisotopic (exact) mass is 238 g/mol. The third-order valence-electron chi connectivity index (χ3n) is 4.06. The first-order valence-electron chi connectivity index (χ1n) is 6.47. The van der Waals surface area contributed by atoms with Crippen LogP contribution in [0.3, 0.4) is 0 Å². The van der Waals surface area contributed by atoms with Gasteiger partial charge in [-0.1, -0.05) is 18.2 Å². The van der Waals surface area contributed by atoms with E-state index in [1.807, 2.05) is 4.57 Å². The lowest BCUT2D eigenvalue weighted by Gasteiger charge is -2.21. The molecule has 0 bridgehead atoms. The Labute approximate surface area is 105 Å². The number of nitrogens with zero attached hydrogens (tertiary/aromatic N) is 2. The van der Waals surface area contributed by atoms with Gasteiger partial charge in [0.05, 0.1) is 16.9 Å². The van der Waals surface area contributed by atoms with Gasteiger partial charge in [0.1, 0.15) is 6.54 Å². The molecule has 0 saturated carbocycles. The Morgan fingerprint density at radius 1 is 1.28 bits per heavy atom. The first-order valence-corrected chi connectivity index (χ1v) is 6.47. The van der Waals surface area contributed by atoms with Crippen molar-refractivity contribution in [1.29, 1.82) is 0 Å². The fourth-order valence-electron chi connectivity index (χ4n) is 3.32. The van der Waals surface area contributed by atoms with E-state index in [1.165, 1.54) is 16.5 Å². The van der Waals surface area contributed by atoms with Crippen molar-refractivity contribution in [2.75, 3.05) is 6.54 Å². The van der Waals surface area contributed by atoms with Crippen LogP contribution >= 0.6 is 0 Å². The van der Waals surface area contributed by atoms with Crippen LogP contribution in [0.5, 0.6) is 0 Å². The summed E-state index contributed by atoms with van der Waals surface area (Å²) in [5.74, 6) is 0.112. The normalized spacial score (nSPS) is 17.8. The van der Waals surface area contributed by atoms with E-state index in [4.69, 9.17) is 0 Å². The molecule has 0 spiro atoms. The van der Waals surface area contributed by atoms with E-state index in [1.54, 1.807) is 0 Å². The second-order valence-corrected chi connectivity index (χ2v) is 5.14. The van der Waals surface area contributed by atoms with E-state index >= 15 is 0 Å². The number of hydrogen-bond acceptors (Lipinski definition) is 2. The largest absolute Gasteiger partial charge is 0.278 e. The SMILES string of the molecule is Cc1cccc2c3c4n(c12)C(=O)CN=C4CCC3. The summed E-state index contributed by atoms with van der Waals surface area (Å²) in [4.78, 5) is 16.7. The van der Waals surface area contributed by atoms with Crippen LogP contribution in [0.4, 0.5) is 0 Å². The Bertz CT molecular complexity index is 722. The molecule has 0 unspecified atom stereocenters. The van der Waals surface area contributed by atoms with Gasteiger partial charge in [-0.25, -0.2) is 0 Å². The molecule has 18 heavy (non-hydrogen) atoms. The Balaban J connectivity index is 2.25. The number of benzene rings is 1. The number of aliphatic imine (C=N–C) groups is 1. The molecule has 3 nitrogen and oxygen atoms in total. The third kappa shape index (κ3) is 1.09. The number of fused-ring (bicyclic) bond motifs is 3. The zero-order valence-electron chi connectivity index (χ0n) is 10.4. The molecule has 2 aromatic rings. The van der Waals surface area contributed by atoms with Crippen LogP contribution in [-0.2, 0) is 6.42 Å². The summed E-state index contributed by atoms with van der Waals surface area (Å²) in [5.41, 5.74) is 5.83. The maximum absolute atomic E-state index is 12.2. The summed E-state index contributed by atoms with van der Waals surface area (Å²) < 4.78 is 1.92. The van der Waals surface area contributed by atoms with E-state index in [2.05, 4.69) is 30.1 Å². The molecule has 0 saturated heterocycles. The minimum absolute atomic E-state index is 0.112. The molecule has 2 heterocycles. The molecule has 0 atom stereocenters. The van der Waals surface area contributed by atoms with Crippen molar-refractivity contribution >= 4 is 22.5 Å². The third-order valence-corrected chi connectivity index (χ3v) is 4.06. The average Bonchev–Trinajstić information content (AvgIpc) is 2.73. The van der Waals surface area contributed by atoms with Crippen LogP contribution in [0, 0.1) is 6.92 Å². The number of para-hydroxylation sites is 1. The lowest BCUT2D eigenvalue weighted by Crippen LogP contribution is -2.28. The summed E-state index contributed by atoms with van der Waals surface area (Å²) in [6.07, 6.45) is 3.22. The molecule has 1 aromatic heterocycles. The Morgan fingerprint density at radius 3 is 3.06 bits per heavy atom. The van der Waals surface area contributed by atoms with Gasteiger partial charge in [-0.3, -0.25) is 14.4 Å². The second kappa shape index (κ2) is 3.31. The number of aryl methyl sites for hydroxylation is 2. The number of hydrogen-bond donors (Lipinski definition) is 0. The zero-order chi connectivity index (χ0) is 12.3. The van der Waals surface area contributed by atoms with Gasteiger partial charge in [0.25, 0.3) is 5.91 Å². The summed E-state index contributed by atoms with van der Waals surface area (Å²) in [6, 6.07) is 6.30. The van der Waals surface area contributed by atoms with Crippen LogP contribution in [-0.4, -0.2) is 22.7 Å². The molecule has 4 rings (SSSR count). The van der Waals surface area contributed by atoms with E-state index in [0.717, 1.165) is 36.2 Å². The first-order chi connectivity index (χ1) is 8.77. The fraction of sp³-hybridized carbons (Fsp3) is 0.333.